The summed E-state index contributed by atoms with van der Waals surface area (Å²) in [4.78, 5) is 2.56. The van der Waals surface area contributed by atoms with Gasteiger partial charge < -0.3 is 5.73 Å². The zero-order chi connectivity index (χ0) is 11.8. The average molecular weight is 302 g/mol. The normalized spacial score (nSPS) is 12.1. The van der Waals surface area contributed by atoms with E-state index in [2.05, 4.69) is 20.9 Å². The summed E-state index contributed by atoms with van der Waals surface area (Å²) < 4.78 is 46.7. The number of pyridine rings is 1. The van der Waals surface area contributed by atoms with Crippen LogP contribution >= 0.6 is 15.9 Å². The van der Waals surface area contributed by atoms with Crippen LogP contribution in [0.15, 0.2) is 15.6 Å². The van der Waals surface area contributed by atoms with E-state index in [0.717, 1.165) is 6.07 Å². The summed E-state index contributed by atoms with van der Waals surface area (Å²) in [7, 11) is -4.26. The predicted octanol–water partition coefficient (Wildman–Crippen LogP) is 1.01. The highest BCUT2D eigenvalue weighted by molar-refractivity contribution is 9.10. The highest BCUT2D eigenvalue weighted by Gasteiger charge is 2.23. The van der Waals surface area contributed by atoms with E-state index >= 15 is 0 Å². The van der Waals surface area contributed by atoms with Crippen molar-refractivity contribution in [2.45, 2.75) is 11.3 Å². The van der Waals surface area contributed by atoms with Crippen LogP contribution in [0.4, 0.5) is 14.5 Å². The number of alkyl halides is 2. The summed E-state index contributed by atoms with van der Waals surface area (Å²) in [5.74, 6) is 0. The summed E-state index contributed by atoms with van der Waals surface area (Å²) >= 11 is 2.81. The number of primary sulfonamides is 1. The molecule has 9 heteroatoms. The van der Waals surface area contributed by atoms with E-state index in [9.17, 15) is 17.2 Å². The monoisotopic (exact) mass is 301 g/mol. The molecule has 0 aliphatic carbocycles. The Labute approximate surface area is 92.7 Å². The molecule has 0 aliphatic rings. The number of hydrogen-bond donors (Lipinski definition) is 2. The summed E-state index contributed by atoms with van der Waals surface area (Å²) in [6.45, 7) is 0. The Balaban J connectivity index is 3.56. The quantitative estimate of drug-likeness (QED) is 0.796. The van der Waals surface area contributed by atoms with E-state index in [4.69, 9.17) is 10.9 Å². The van der Waals surface area contributed by atoms with Crippen LogP contribution in [0.25, 0.3) is 0 Å². The standard InChI is InChI=1S/C6H6BrF2N3O2S/c7-5-2(10)1-3(15(11,13)14)4(12-5)6(8)9/h1,6H,10H2,(H2,11,13,14). The number of nitrogens with two attached hydrogens (primary N) is 2. The van der Waals surface area contributed by atoms with Gasteiger partial charge in [-0.2, -0.15) is 0 Å². The maximum Gasteiger partial charge on any atom is 0.281 e. The maximum absolute atomic E-state index is 12.4. The fraction of sp³-hybridized carbons (Fsp3) is 0.167. The lowest BCUT2D eigenvalue weighted by Crippen LogP contribution is -2.16. The van der Waals surface area contributed by atoms with Gasteiger partial charge in [0.25, 0.3) is 6.43 Å². The first-order valence-electron chi connectivity index (χ1n) is 3.50. The van der Waals surface area contributed by atoms with E-state index in [1.165, 1.54) is 0 Å². The minimum absolute atomic E-state index is 0.0507. The lowest BCUT2D eigenvalue weighted by atomic mass is 10.3. The Hall–Kier alpha value is -0.800. The van der Waals surface area contributed by atoms with E-state index in [-0.39, 0.29) is 10.3 Å². The van der Waals surface area contributed by atoms with Crippen LogP contribution < -0.4 is 10.9 Å². The summed E-state index contributed by atoms with van der Waals surface area (Å²) in [6, 6.07) is 0.841. The van der Waals surface area contributed by atoms with Gasteiger partial charge >= 0.3 is 0 Å². The van der Waals surface area contributed by atoms with Crippen LogP contribution in [0.5, 0.6) is 0 Å². The molecule has 15 heavy (non-hydrogen) atoms. The largest absolute Gasteiger partial charge is 0.397 e. The van der Waals surface area contributed by atoms with Gasteiger partial charge in [0.2, 0.25) is 10.0 Å². The number of halogens is 3. The van der Waals surface area contributed by atoms with Gasteiger partial charge in [0, 0.05) is 0 Å². The molecule has 1 aromatic rings. The predicted molar refractivity (Wildman–Crippen MR) is 52.7 cm³/mol. The van der Waals surface area contributed by atoms with Gasteiger partial charge in [-0.15, -0.1) is 0 Å². The second kappa shape index (κ2) is 3.99. The Kier molecular flexibility index (Phi) is 3.26. The van der Waals surface area contributed by atoms with Crippen LogP contribution in [0.2, 0.25) is 0 Å². The van der Waals surface area contributed by atoms with Crippen molar-refractivity contribution >= 4 is 31.6 Å². The number of aromatic nitrogens is 1. The van der Waals surface area contributed by atoms with Gasteiger partial charge in [0.1, 0.15) is 15.2 Å². The van der Waals surface area contributed by atoms with Crippen molar-refractivity contribution in [1.82, 2.24) is 4.98 Å². The van der Waals surface area contributed by atoms with Gasteiger partial charge in [-0.3, -0.25) is 0 Å². The number of nitrogens with zero attached hydrogens (tertiary/aromatic N) is 1. The first kappa shape index (κ1) is 12.3. The van der Waals surface area contributed by atoms with Gasteiger partial charge in [-0.05, 0) is 22.0 Å². The van der Waals surface area contributed by atoms with Crippen LogP contribution in [0.3, 0.4) is 0 Å². The molecule has 0 aliphatic heterocycles. The molecule has 1 heterocycles. The first-order valence-corrected chi connectivity index (χ1v) is 5.84. The zero-order valence-corrected chi connectivity index (χ0v) is 9.52. The minimum atomic E-state index is -4.26. The zero-order valence-electron chi connectivity index (χ0n) is 7.12. The smallest absolute Gasteiger partial charge is 0.281 e. The van der Waals surface area contributed by atoms with Crippen LogP contribution in [-0.4, -0.2) is 13.4 Å². The molecule has 1 aromatic heterocycles. The van der Waals surface area contributed by atoms with Crippen molar-refractivity contribution in [3.8, 4) is 0 Å². The van der Waals surface area contributed by atoms with Crippen molar-refractivity contribution < 1.29 is 17.2 Å². The highest BCUT2D eigenvalue weighted by Crippen LogP contribution is 2.29. The van der Waals surface area contributed by atoms with Crippen LogP contribution in [-0.2, 0) is 10.0 Å². The van der Waals surface area contributed by atoms with E-state index in [1.54, 1.807) is 0 Å². The average Bonchev–Trinajstić information content (AvgIpc) is 2.06. The summed E-state index contributed by atoms with van der Waals surface area (Å²) in [6.07, 6.45) is -3.05. The summed E-state index contributed by atoms with van der Waals surface area (Å²) in [5, 5.41) is 4.74. The molecule has 0 atom stereocenters. The Morgan fingerprint density at radius 1 is 1.47 bits per heavy atom. The van der Waals surface area contributed by atoms with Gasteiger partial charge in [-0.25, -0.2) is 27.3 Å². The summed E-state index contributed by atoms with van der Waals surface area (Å²) in [5.41, 5.74) is 4.31. The first-order chi connectivity index (χ1) is 6.73. The number of hydrogen-bond acceptors (Lipinski definition) is 4. The van der Waals surface area contributed by atoms with Crippen molar-refractivity contribution in [3.05, 3.63) is 16.4 Å². The fourth-order valence-corrected chi connectivity index (χ4v) is 1.91. The maximum atomic E-state index is 12.4. The lowest BCUT2D eigenvalue weighted by Gasteiger charge is -2.08. The van der Waals surface area contributed by atoms with E-state index < -0.39 is 27.0 Å². The van der Waals surface area contributed by atoms with Crippen LogP contribution in [0, 0.1) is 0 Å². The van der Waals surface area contributed by atoms with Crippen molar-refractivity contribution in [1.29, 1.82) is 0 Å². The SMILES string of the molecule is Nc1cc(S(N)(=O)=O)c(C(F)F)nc1Br. The van der Waals surface area contributed by atoms with Crippen molar-refractivity contribution in [2.75, 3.05) is 5.73 Å². The van der Waals surface area contributed by atoms with Gasteiger partial charge in [0.15, 0.2) is 0 Å². The molecule has 0 fully saturated rings. The van der Waals surface area contributed by atoms with Gasteiger partial charge in [-0.1, -0.05) is 0 Å². The molecule has 0 unspecified atom stereocenters. The Morgan fingerprint density at radius 2 is 2.00 bits per heavy atom. The third kappa shape index (κ3) is 2.61. The Bertz CT molecular complexity index is 491. The van der Waals surface area contributed by atoms with Crippen molar-refractivity contribution in [2.24, 2.45) is 5.14 Å². The number of rotatable bonds is 2. The minimum Gasteiger partial charge on any atom is -0.397 e. The molecule has 84 valence electrons. The van der Waals surface area contributed by atoms with Crippen LogP contribution in [0.1, 0.15) is 12.1 Å². The molecular weight excluding hydrogens is 296 g/mol. The highest BCUT2D eigenvalue weighted by atomic mass is 79.9. The molecule has 0 aromatic carbocycles. The molecule has 0 saturated carbocycles. The lowest BCUT2D eigenvalue weighted by molar-refractivity contribution is 0.142. The molecule has 0 radical (unpaired) electrons. The second-order valence-corrected chi connectivity index (χ2v) is 4.88. The molecule has 1 rings (SSSR count). The second-order valence-electron chi connectivity index (χ2n) is 2.60. The third-order valence-electron chi connectivity index (χ3n) is 1.51. The molecule has 0 saturated heterocycles. The topological polar surface area (TPSA) is 99.1 Å². The number of nitrogen functional groups attached to an aromatic ring is 1. The molecule has 4 N–H and O–H groups in total. The van der Waals surface area contributed by atoms with E-state index in [0.29, 0.717) is 0 Å². The fourth-order valence-electron chi connectivity index (χ4n) is 0.884. The van der Waals surface area contributed by atoms with E-state index in [1.807, 2.05) is 0 Å². The molecular formula is C6H6BrF2N3O2S. The van der Waals surface area contributed by atoms with Gasteiger partial charge in [0.05, 0.1) is 5.69 Å². The third-order valence-corrected chi connectivity index (χ3v) is 3.08. The molecule has 0 spiro atoms. The van der Waals surface area contributed by atoms with Crippen molar-refractivity contribution in [3.63, 3.8) is 0 Å². The Morgan fingerprint density at radius 3 is 2.40 bits per heavy atom. The molecule has 5 nitrogen and oxygen atoms in total. The molecule has 0 bridgehead atoms. The number of sulfonamides is 1. The molecule has 0 amide bonds. The number of anilines is 1.